The van der Waals surface area contributed by atoms with Crippen LogP contribution in [0.25, 0.3) is 6.08 Å². The Kier molecular flexibility index (Phi) is 3.46. The van der Waals surface area contributed by atoms with Gasteiger partial charge in [0.1, 0.15) is 5.82 Å². The summed E-state index contributed by atoms with van der Waals surface area (Å²) in [5.74, 6) is -0.225. The molecule has 5 nitrogen and oxygen atoms in total. The molecule has 2 aliphatic heterocycles. The number of nitrogens with zero attached hydrogens (tertiary/aromatic N) is 1. The molecule has 120 valence electrons. The van der Waals surface area contributed by atoms with Crippen LogP contribution < -0.4 is 9.47 Å². The first-order chi connectivity index (χ1) is 11.6. The summed E-state index contributed by atoms with van der Waals surface area (Å²) in [6, 6.07) is 9.16. The second kappa shape index (κ2) is 5.65. The second-order valence-corrected chi connectivity index (χ2v) is 5.45. The van der Waals surface area contributed by atoms with Gasteiger partial charge in [-0.05, 0) is 29.8 Å². The lowest BCUT2D eigenvalue weighted by molar-refractivity contribution is -0.129. The lowest BCUT2D eigenvalue weighted by Crippen LogP contribution is -2.07. The fraction of sp³-hybridized carbons (Fsp3) is 0.0588. The Hall–Kier alpha value is -2.86. The third-order valence-corrected chi connectivity index (χ3v) is 3.84. The molecule has 2 heterocycles. The third kappa shape index (κ3) is 2.51. The van der Waals surface area contributed by atoms with Gasteiger partial charge >= 0.3 is 5.97 Å². The van der Waals surface area contributed by atoms with Gasteiger partial charge < -0.3 is 14.2 Å². The highest BCUT2D eigenvalue weighted by atomic mass is 35.5. The van der Waals surface area contributed by atoms with E-state index in [0.29, 0.717) is 22.1 Å². The number of rotatable bonds is 2. The fourth-order valence-corrected chi connectivity index (χ4v) is 2.56. The van der Waals surface area contributed by atoms with Crippen molar-refractivity contribution in [1.29, 1.82) is 0 Å². The monoisotopic (exact) mass is 345 g/mol. The summed E-state index contributed by atoms with van der Waals surface area (Å²) in [7, 11) is 0. The summed E-state index contributed by atoms with van der Waals surface area (Å²) in [5, 5.41) is 0.370. The maximum Gasteiger partial charge on any atom is 0.363 e. The normalized spacial score (nSPS) is 17.2. The predicted molar refractivity (Wildman–Crippen MR) is 84.6 cm³/mol. The highest BCUT2D eigenvalue weighted by Gasteiger charge is 2.26. The third-order valence-electron chi connectivity index (χ3n) is 3.51. The van der Waals surface area contributed by atoms with Crippen molar-refractivity contribution in [1.82, 2.24) is 0 Å². The number of carbonyl (C=O) groups is 1. The first-order valence-corrected chi connectivity index (χ1v) is 7.36. The maximum absolute atomic E-state index is 13.8. The number of aliphatic imine (C=N–C) groups is 1. The minimum atomic E-state index is -0.679. The minimum absolute atomic E-state index is 0.0222. The molecular formula is C17H9ClFNO4. The summed E-state index contributed by atoms with van der Waals surface area (Å²) in [5.41, 5.74) is 0.659. The zero-order valence-electron chi connectivity index (χ0n) is 12.1. The van der Waals surface area contributed by atoms with E-state index in [1.165, 1.54) is 18.2 Å². The molecule has 0 aromatic heterocycles. The van der Waals surface area contributed by atoms with Gasteiger partial charge in [0.05, 0.1) is 10.6 Å². The molecule has 0 amide bonds. The van der Waals surface area contributed by atoms with Crippen molar-refractivity contribution in [3.8, 4) is 11.5 Å². The smallest absolute Gasteiger partial charge is 0.363 e. The van der Waals surface area contributed by atoms with E-state index in [2.05, 4.69) is 4.99 Å². The molecule has 24 heavy (non-hydrogen) atoms. The van der Waals surface area contributed by atoms with Crippen molar-refractivity contribution in [3.05, 3.63) is 64.1 Å². The fourth-order valence-electron chi connectivity index (χ4n) is 2.35. The second-order valence-electron chi connectivity index (χ2n) is 5.04. The van der Waals surface area contributed by atoms with Crippen LogP contribution in [0.15, 0.2) is 47.1 Å². The Morgan fingerprint density at radius 1 is 1.17 bits per heavy atom. The molecule has 0 radical (unpaired) electrons. The standard InChI is InChI=1S/C17H9ClFNO4/c18-11-7-15-14(22-8-23-15)6-9(11)5-13-17(21)24-16(20-13)10-3-1-2-4-12(10)19/h1-7H,8H2/b13-5-. The van der Waals surface area contributed by atoms with Gasteiger partial charge in [0.25, 0.3) is 0 Å². The van der Waals surface area contributed by atoms with Crippen LogP contribution in [0.3, 0.4) is 0 Å². The number of carbonyl (C=O) groups excluding carboxylic acids is 1. The van der Waals surface area contributed by atoms with E-state index in [-0.39, 0.29) is 24.0 Å². The number of halogens is 2. The number of hydrogen-bond donors (Lipinski definition) is 0. The molecule has 0 atom stereocenters. The summed E-state index contributed by atoms with van der Waals surface area (Å²) in [6.07, 6.45) is 1.46. The molecule has 7 heteroatoms. The van der Waals surface area contributed by atoms with E-state index in [9.17, 15) is 9.18 Å². The van der Waals surface area contributed by atoms with Crippen molar-refractivity contribution in [3.63, 3.8) is 0 Å². The molecule has 2 aromatic carbocycles. The van der Waals surface area contributed by atoms with Crippen LogP contribution in [0.1, 0.15) is 11.1 Å². The summed E-state index contributed by atoms with van der Waals surface area (Å²) in [4.78, 5) is 16.1. The van der Waals surface area contributed by atoms with Gasteiger partial charge in [0, 0.05) is 6.07 Å². The van der Waals surface area contributed by atoms with Crippen LogP contribution in [0.5, 0.6) is 11.5 Å². The van der Waals surface area contributed by atoms with Crippen LogP contribution in [-0.2, 0) is 9.53 Å². The molecule has 0 N–H and O–H groups in total. The summed E-state index contributed by atoms with van der Waals surface area (Å²) >= 11 is 6.17. The van der Waals surface area contributed by atoms with Crippen molar-refractivity contribution in [2.45, 2.75) is 0 Å². The van der Waals surface area contributed by atoms with Gasteiger partial charge in [0.15, 0.2) is 17.2 Å². The Labute approximate surface area is 140 Å². The van der Waals surface area contributed by atoms with Crippen LogP contribution in [0, 0.1) is 5.82 Å². The summed E-state index contributed by atoms with van der Waals surface area (Å²) in [6.45, 7) is 0.114. The number of hydrogen-bond acceptors (Lipinski definition) is 5. The van der Waals surface area contributed by atoms with E-state index in [4.69, 9.17) is 25.8 Å². The predicted octanol–water partition coefficient (Wildman–Crippen LogP) is 3.55. The van der Waals surface area contributed by atoms with E-state index in [1.807, 2.05) is 0 Å². The lowest BCUT2D eigenvalue weighted by Gasteiger charge is -2.01. The van der Waals surface area contributed by atoms with Crippen LogP contribution in [0.4, 0.5) is 4.39 Å². The average molecular weight is 346 g/mol. The minimum Gasteiger partial charge on any atom is -0.454 e. The van der Waals surface area contributed by atoms with Gasteiger partial charge in [-0.25, -0.2) is 14.2 Å². The number of ether oxygens (including phenoxy) is 3. The highest BCUT2D eigenvalue weighted by molar-refractivity contribution is 6.32. The molecule has 0 saturated heterocycles. The molecule has 0 fully saturated rings. The summed E-state index contributed by atoms with van der Waals surface area (Å²) < 4.78 is 29.3. The van der Waals surface area contributed by atoms with Crippen molar-refractivity contribution in [2.75, 3.05) is 6.79 Å². The molecule has 0 aliphatic carbocycles. The van der Waals surface area contributed by atoms with Gasteiger partial charge in [-0.15, -0.1) is 0 Å². The molecule has 0 spiro atoms. The Bertz CT molecular complexity index is 923. The van der Waals surface area contributed by atoms with Crippen molar-refractivity contribution < 1.29 is 23.4 Å². The van der Waals surface area contributed by atoms with E-state index < -0.39 is 11.8 Å². The maximum atomic E-state index is 13.8. The van der Waals surface area contributed by atoms with E-state index in [1.54, 1.807) is 24.3 Å². The molecule has 0 unspecified atom stereocenters. The molecule has 4 rings (SSSR count). The average Bonchev–Trinajstić information content (AvgIpc) is 3.15. The lowest BCUT2D eigenvalue weighted by atomic mass is 10.1. The van der Waals surface area contributed by atoms with Gasteiger partial charge in [-0.1, -0.05) is 23.7 Å². The Morgan fingerprint density at radius 2 is 1.92 bits per heavy atom. The topological polar surface area (TPSA) is 57.1 Å². The van der Waals surface area contributed by atoms with E-state index >= 15 is 0 Å². The Balaban J connectivity index is 1.73. The highest BCUT2D eigenvalue weighted by Crippen LogP contribution is 2.38. The van der Waals surface area contributed by atoms with Crippen LogP contribution in [0.2, 0.25) is 5.02 Å². The molecule has 0 bridgehead atoms. The van der Waals surface area contributed by atoms with Crippen molar-refractivity contribution in [2.24, 2.45) is 4.99 Å². The number of esters is 1. The molecule has 2 aromatic rings. The number of fused-ring (bicyclic) bond motifs is 1. The zero-order valence-corrected chi connectivity index (χ0v) is 12.8. The first kappa shape index (κ1) is 14.7. The molecular weight excluding hydrogens is 337 g/mol. The van der Waals surface area contributed by atoms with Crippen LogP contribution in [-0.4, -0.2) is 18.7 Å². The quantitative estimate of drug-likeness (QED) is 0.617. The largest absolute Gasteiger partial charge is 0.454 e. The first-order valence-electron chi connectivity index (χ1n) is 6.98. The van der Waals surface area contributed by atoms with Gasteiger partial charge in [0.2, 0.25) is 12.7 Å². The molecule has 0 saturated carbocycles. The van der Waals surface area contributed by atoms with Gasteiger partial charge in [-0.2, -0.15) is 0 Å². The molecule has 2 aliphatic rings. The van der Waals surface area contributed by atoms with Crippen LogP contribution >= 0.6 is 11.6 Å². The van der Waals surface area contributed by atoms with Gasteiger partial charge in [-0.3, -0.25) is 0 Å². The zero-order chi connectivity index (χ0) is 16.7. The number of cyclic esters (lactones) is 1. The van der Waals surface area contributed by atoms with E-state index in [0.717, 1.165) is 0 Å². The number of benzene rings is 2. The van der Waals surface area contributed by atoms with Crippen molar-refractivity contribution >= 4 is 29.5 Å². The SMILES string of the molecule is O=C1OC(c2ccccc2F)=N/C1=C\c1cc2c(cc1Cl)OCO2. The Morgan fingerprint density at radius 3 is 2.71 bits per heavy atom.